The Kier molecular flexibility index (Phi) is 5.90. The van der Waals surface area contributed by atoms with Gasteiger partial charge < -0.3 is 9.30 Å². The number of nitrogens with one attached hydrogen (secondary N) is 1. The third-order valence-corrected chi connectivity index (χ3v) is 6.79. The van der Waals surface area contributed by atoms with Crippen molar-refractivity contribution in [2.75, 3.05) is 6.61 Å². The smallest absolute Gasteiger partial charge is 0.283 e. The van der Waals surface area contributed by atoms with Crippen molar-refractivity contribution in [3.63, 3.8) is 0 Å². The van der Waals surface area contributed by atoms with Crippen molar-refractivity contribution in [2.45, 2.75) is 27.7 Å². The molecule has 2 aliphatic heterocycles. The van der Waals surface area contributed by atoms with Gasteiger partial charge in [0.1, 0.15) is 17.4 Å². The number of carbonyl (C=O) groups excluding carboxylic acids is 1. The summed E-state index contributed by atoms with van der Waals surface area (Å²) in [6.07, 6.45) is 1.74. The molecule has 8 heteroatoms. The molecule has 1 N–H and O–H groups in total. The minimum atomic E-state index is -0.440. The standard InChI is InChI=1S/C27H25N5O2S/c1-16-8-10-21(11-9-16)31-18(3)13-20(19(31)4)14-23-25(28)32-27(29-26(23)33)35-24(30-32)15-34-22-7-5-6-17(2)12-22/h5-14,28H,15H2,1-4H3. The van der Waals surface area contributed by atoms with Crippen LogP contribution in [0.3, 0.4) is 0 Å². The fourth-order valence-electron chi connectivity index (χ4n) is 4.12. The zero-order chi connectivity index (χ0) is 24.7. The van der Waals surface area contributed by atoms with Gasteiger partial charge in [0, 0.05) is 17.1 Å². The average Bonchev–Trinajstić information content (AvgIpc) is 3.36. The quantitative estimate of drug-likeness (QED) is 0.492. The van der Waals surface area contributed by atoms with Gasteiger partial charge in [0.15, 0.2) is 5.84 Å². The number of rotatable bonds is 5. The second-order valence-corrected chi connectivity index (χ2v) is 9.66. The number of amides is 1. The van der Waals surface area contributed by atoms with E-state index in [0.717, 1.165) is 34.0 Å². The van der Waals surface area contributed by atoms with Crippen LogP contribution in [0, 0.1) is 33.1 Å². The van der Waals surface area contributed by atoms with Crippen LogP contribution in [-0.2, 0) is 4.79 Å². The highest BCUT2D eigenvalue weighted by Crippen LogP contribution is 2.30. The van der Waals surface area contributed by atoms with Crippen molar-refractivity contribution >= 4 is 39.8 Å². The molecule has 35 heavy (non-hydrogen) atoms. The molecule has 2 aromatic carbocycles. The van der Waals surface area contributed by atoms with E-state index in [9.17, 15) is 4.79 Å². The number of nitrogens with zero attached hydrogens (tertiary/aromatic N) is 4. The lowest BCUT2D eigenvalue weighted by Crippen LogP contribution is -2.35. The number of hydrogen-bond donors (Lipinski definition) is 1. The van der Waals surface area contributed by atoms with Crippen molar-refractivity contribution in [2.24, 2.45) is 10.1 Å². The number of hydrazone groups is 1. The predicted octanol–water partition coefficient (Wildman–Crippen LogP) is 5.41. The van der Waals surface area contributed by atoms with Crippen LogP contribution < -0.4 is 4.74 Å². The molecule has 0 radical (unpaired) electrons. The monoisotopic (exact) mass is 483 g/mol. The van der Waals surface area contributed by atoms with Crippen LogP contribution in [0.15, 0.2) is 70.3 Å². The van der Waals surface area contributed by atoms with Crippen LogP contribution >= 0.6 is 11.8 Å². The number of aryl methyl sites for hydroxylation is 3. The lowest BCUT2D eigenvalue weighted by molar-refractivity contribution is -0.114. The molecule has 1 amide bonds. The molecular weight excluding hydrogens is 458 g/mol. The van der Waals surface area contributed by atoms with Gasteiger partial charge >= 0.3 is 0 Å². The molecule has 7 nitrogen and oxygen atoms in total. The zero-order valence-electron chi connectivity index (χ0n) is 20.0. The van der Waals surface area contributed by atoms with Crippen LogP contribution in [0.5, 0.6) is 5.75 Å². The van der Waals surface area contributed by atoms with Crippen LogP contribution in [0.4, 0.5) is 0 Å². The number of ether oxygens (including phenoxy) is 1. The highest BCUT2D eigenvalue weighted by Gasteiger charge is 2.36. The lowest BCUT2D eigenvalue weighted by Gasteiger charge is -2.20. The van der Waals surface area contributed by atoms with E-state index >= 15 is 0 Å². The Morgan fingerprint density at radius 1 is 1.03 bits per heavy atom. The van der Waals surface area contributed by atoms with E-state index in [1.165, 1.54) is 22.3 Å². The molecular formula is C27H25N5O2S. The summed E-state index contributed by atoms with van der Waals surface area (Å²) >= 11 is 1.25. The number of fused-ring (bicyclic) bond motifs is 1. The predicted molar refractivity (Wildman–Crippen MR) is 142 cm³/mol. The Morgan fingerprint density at radius 2 is 1.80 bits per heavy atom. The fourth-order valence-corrected chi connectivity index (χ4v) is 4.92. The van der Waals surface area contributed by atoms with Gasteiger partial charge in [-0.1, -0.05) is 29.8 Å². The maximum atomic E-state index is 12.9. The SMILES string of the molecule is Cc1ccc(-n2c(C)cc(C=C3C(=N)N4N=C(COc5cccc(C)c5)SC4=NC3=O)c2C)cc1. The first kappa shape index (κ1) is 22.9. The molecule has 0 bridgehead atoms. The first-order valence-electron chi connectivity index (χ1n) is 11.2. The van der Waals surface area contributed by atoms with Crippen LogP contribution in [0.25, 0.3) is 11.8 Å². The fraction of sp³-hybridized carbons (Fsp3) is 0.185. The molecule has 2 aliphatic rings. The van der Waals surface area contributed by atoms with E-state index in [2.05, 4.69) is 45.9 Å². The van der Waals surface area contributed by atoms with Gasteiger partial charge in [0.05, 0.1) is 5.57 Å². The van der Waals surface area contributed by atoms with Gasteiger partial charge in [-0.15, -0.1) is 0 Å². The topological polar surface area (TPSA) is 83.0 Å². The number of thioether (sulfide) groups is 1. The number of amidine groups is 2. The van der Waals surface area contributed by atoms with E-state index in [-0.39, 0.29) is 18.0 Å². The van der Waals surface area contributed by atoms with Crippen LogP contribution in [0.1, 0.15) is 28.1 Å². The summed E-state index contributed by atoms with van der Waals surface area (Å²) < 4.78 is 7.98. The molecule has 0 spiro atoms. The lowest BCUT2D eigenvalue weighted by atomic mass is 10.1. The molecule has 176 valence electrons. The number of aliphatic imine (C=N–C) groups is 1. The first-order chi connectivity index (χ1) is 16.8. The van der Waals surface area contributed by atoms with E-state index in [1.54, 1.807) is 6.08 Å². The van der Waals surface area contributed by atoms with E-state index in [0.29, 0.717) is 10.2 Å². The van der Waals surface area contributed by atoms with Gasteiger partial charge in [-0.3, -0.25) is 10.2 Å². The van der Waals surface area contributed by atoms with Crippen molar-refractivity contribution in [3.05, 3.63) is 88.2 Å². The molecule has 3 aromatic rings. The maximum Gasteiger partial charge on any atom is 0.283 e. The molecule has 0 unspecified atom stereocenters. The van der Waals surface area contributed by atoms with Crippen LogP contribution in [0.2, 0.25) is 0 Å². The summed E-state index contributed by atoms with van der Waals surface area (Å²) in [7, 11) is 0. The first-order valence-corrected chi connectivity index (χ1v) is 12.1. The summed E-state index contributed by atoms with van der Waals surface area (Å²) in [6.45, 7) is 8.34. The molecule has 0 atom stereocenters. The van der Waals surface area contributed by atoms with Crippen molar-refractivity contribution in [1.29, 1.82) is 5.41 Å². The van der Waals surface area contributed by atoms with Crippen molar-refractivity contribution in [1.82, 2.24) is 9.58 Å². The number of aromatic nitrogens is 1. The van der Waals surface area contributed by atoms with Gasteiger partial charge in [-0.25, -0.2) is 0 Å². The minimum absolute atomic E-state index is 0.0122. The minimum Gasteiger partial charge on any atom is -0.487 e. The van der Waals surface area contributed by atoms with Crippen molar-refractivity contribution < 1.29 is 9.53 Å². The molecule has 0 fully saturated rings. The average molecular weight is 484 g/mol. The van der Waals surface area contributed by atoms with Crippen LogP contribution in [-0.4, -0.2) is 38.1 Å². The molecule has 5 rings (SSSR count). The van der Waals surface area contributed by atoms with Gasteiger partial charge in [0.25, 0.3) is 5.91 Å². The highest BCUT2D eigenvalue weighted by molar-refractivity contribution is 8.27. The largest absolute Gasteiger partial charge is 0.487 e. The Balaban J connectivity index is 1.39. The highest BCUT2D eigenvalue weighted by atomic mass is 32.2. The van der Waals surface area contributed by atoms with Gasteiger partial charge in [-0.2, -0.15) is 15.1 Å². The Morgan fingerprint density at radius 3 is 2.54 bits per heavy atom. The molecule has 0 aliphatic carbocycles. The molecule has 0 saturated carbocycles. The second-order valence-electron chi connectivity index (χ2n) is 8.62. The third-order valence-electron chi connectivity index (χ3n) is 5.91. The number of hydrogen-bond acceptors (Lipinski definition) is 5. The van der Waals surface area contributed by atoms with E-state index < -0.39 is 5.91 Å². The molecule has 1 aromatic heterocycles. The Labute approximate surface area is 208 Å². The van der Waals surface area contributed by atoms with Gasteiger partial charge in [0.2, 0.25) is 5.17 Å². The summed E-state index contributed by atoms with van der Waals surface area (Å²) in [4.78, 5) is 17.1. The molecule has 3 heterocycles. The second kappa shape index (κ2) is 9.03. The Hall–Kier alpha value is -3.91. The Bertz CT molecular complexity index is 1450. The molecule has 0 saturated heterocycles. The maximum absolute atomic E-state index is 12.9. The zero-order valence-corrected chi connectivity index (χ0v) is 20.8. The van der Waals surface area contributed by atoms with Crippen molar-refractivity contribution in [3.8, 4) is 11.4 Å². The van der Waals surface area contributed by atoms with E-state index in [1.807, 2.05) is 51.1 Å². The normalized spacial score (nSPS) is 16.5. The summed E-state index contributed by atoms with van der Waals surface area (Å²) in [5, 5.41) is 15.6. The number of benzene rings is 2. The van der Waals surface area contributed by atoms with Gasteiger partial charge in [-0.05, 0) is 87.0 Å². The summed E-state index contributed by atoms with van der Waals surface area (Å²) in [5.41, 5.74) is 6.47. The summed E-state index contributed by atoms with van der Waals surface area (Å²) in [5.74, 6) is 0.318. The third kappa shape index (κ3) is 4.44. The number of carbonyl (C=O) groups is 1. The van der Waals surface area contributed by atoms with E-state index in [4.69, 9.17) is 10.1 Å². The summed E-state index contributed by atoms with van der Waals surface area (Å²) in [6, 6.07) is 18.1.